The zero-order valence-corrected chi connectivity index (χ0v) is 12.7. The minimum Gasteiger partial charge on any atom is -0.396 e. The van der Waals surface area contributed by atoms with Crippen molar-refractivity contribution in [3.8, 4) is 6.07 Å². The van der Waals surface area contributed by atoms with Gasteiger partial charge in [-0.2, -0.15) is 5.26 Å². The van der Waals surface area contributed by atoms with Crippen molar-refractivity contribution in [2.45, 2.75) is 32.2 Å². The average Bonchev–Trinajstić information content (AvgIpc) is 2.50. The molecule has 0 aliphatic carbocycles. The summed E-state index contributed by atoms with van der Waals surface area (Å²) in [7, 11) is 1.91. The normalized spacial score (nSPS) is 12.0. The quantitative estimate of drug-likeness (QED) is 0.717. The molecule has 0 radical (unpaired) electrons. The maximum Gasteiger partial charge on any atom is 0.241 e. The van der Waals surface area contributed by atoms with E-state index in [1.54, 1.807) is 24.3 Å². The topological polar surface area (TPSA) is 76.4 Å². The summed E-state index contributed by atoms with van der Waals surface area (Å²) in [6.07, 6.45) is 2.72. The Labute approximate surface area is 126 Å². The Hall–Kier alpha value is -1.90. The molecule has 1 amide bonds. The van der Waals surface area contributed by atoms with Gasteiger partial charge in [-0.1, -0.05) is 6.07 Å². The summed E-state index contributed by atoms with van der Waals surface area (Å²) in [4.78, 5) is 14.2. The molecular weight excluding hydrogens is 266 g/mol. The number of nitriles is 1. The second-order valence-corrected chi connectivity index (χ2v) is 5.12. The number of carbonyl (C=O) groups is 1. The zero-order chi connectivity index (χ0) is 15.7. The summed E-state index contributed by atoms with van der Waals surface area (Å²) in [5, 5.41) is 20.4. The van der Waals surface area contributed by atoms with Gasteiger partial charge in [0.25, 0.3) is 0 Å². The first-order valence-corrected chi connectivity index (χ1v) is 7.20. The number of anilines is 1. The maximum absolute atomic E-state index is 12.2. The monoisotopic (exact) mass is 289 g/mol. The molecule has 0 bridgehead atoms. The van der Waals surface area contributed by atoms with Gasteiger partial charge in [-0.05, 0) is 58.0 Å². The van der Waals surface area contributed by atoms with Gasteiger partial charge in [0.05, 0.1) is 17.7 Å². The molecule has 0 saturated carbocycles. The van der Waals surface area contributed by atoms with Crippen LogP contribution in [-0.4, -0.2) is 42.2 Å². The van der Waals surface area contributed by atoms with E-state index in [1.165, 1.54) is 0 Å². The molecule has 0 fully saturated rings. The van der Waals surface area contributed by atoms with E-state index in [0.717, 1.165) is 25.8 Å². The van der Waals surface area contributed by atoms with Gasteiger partial charge in [0.1, 0.15) is 0 Å². The Balaban J connectivity index is 2.48. The number of rotatable bonds is 8. The number of hydrogen-bond acceptors (Lipinski definition) is 4. The van der Waals surface area contributed by atoms with Crippen molar-refractivity contribution in [3.05, 3.63) is 29.8 Å². The van der Waals surface area contributed by atoms with Crippen molar-refractivity contribution >= 4 is 11.6 Å². The predicted octanol–water partition coefficient (Wildman–Crippen LogP) is 1.98. The van der Waals surface area contributed by atoms with Crippen LogP contribution in [0, 0.1) is 11.3 Å². The lowest BCUT2D eigenvalue weighted by molar-refractivity contribution is -0.120. The number of amides is 1. The van der Waals surface area contributed by atoms with E-state index in [2.05, 4.69) is 11.4 Å². The lowest BCUT2D eigenvalue weighted by Gasteiger charge is -2.23. The Morgan fingerprint density at radius 1 is 1.43 bits per heavy atom. The second-order valence-electron chi connectivity index (χ2n) is 5.12. The van der Waals surface area contributed by atoms with E-state index in [-0.39, 0.29) is 18.6 Å². The maximum atomic E-state index is 12.2. The van der Waals surface area contributed by atoms with Gasteiger partial charge in [-0.3, -0.25) is 9.69 Å². The van der Waals surface area contributed by atoms with Crippen LogP contribution in [0.25, 0.3) is 0 Å². The molecule has 1 atom stereocenters. The lowest BCUT2D eigenvalue weighted by atomic mass is 10.2. The molecule has 1 aromatic carbocycles. The van der Waals surface area contributed by atoms with Gasteiger partial charge in [0.2, 0.25) is 5.91 Å². The first-order valence-electron chi connectivity index (χ1n) is 7.20. The standard InChI is InChI=1S/C16H23N3O2/c1-13(19(2)9-4-3-5-10-20)16(21)18-15-8-6-7-14(11-15)12-17/h6-8,11,13,20H,3-5,9-10H2,1-2H3,(H,18,21). The van der Waals surface area contributed by atoms with E-state index in [4.69, 9.17) is 10.4 Å². The Morgan fingerprint density at radius 3 is 2.86 bits per heavy atom. The highest BCUT2D eigenvalue weighted by Crippen LogP contribution is 2.11. The molecule has 21 heavy (non-hydrogen) atoms. The third kappa shape index (κ3) is 5.94. The number of likely N-dealkylation sites (N-methyl/N-ethyl adjacent to an activating group) is 1. The SMILES string of the molecule is CC(C(=O)Nc1cccc(C#N)c1)N(C)CCCCCO. The third-order valence-electron chi connectivity index (χ3n) is 3.47. The average molecular weight is 289 g/mol. The summed E-state index contributed by atoms with van der Waals surface area (Å²) in [5.74, 6) is -0.0882. The van der Waals surface area contributed by atoms with E-state index >= 15 is 0 Å². The van der Waals surface area contributed by atoms with E-state index in [9.17, 15) is 4.79 Å². The minimum absolute atomic E-state index is 0.0882. The molecule has 0 aliphatic rings. The third-order valence-corrected chi connectivity index (χ3v) is 3.47. The molecule has 1 unspecified atom stereocenters. The summed E-state index contributed by atoms with van der Waals surface area (Å²) in [6, 6.07) is 8.68. The van der Waals surface area contributed by atoms with Crippen LogP contribution >= 0.6 is 0 Å². The first kappa shape index (κ1) is 17.2. The highest BCUT2D eigenvalue weighted by molar-refractivity contribution is 5.94. The molecule has 1 rings (SSSR count). The smallest absolute Gasteiger partial charge is 0.241 e. The fraction of sp³-hybridized carbons (Fsp3) is 0.500. The van der Waals surface area contributed by atoms with Crippen LogP contribution in [0.15, 0.2) is 24.3 Å². The van der Waals surface area contributed by atoms with Gasteiger partial charge >= 0.3 is 0 Å². The van der Waals surface area contributed by atoms with Crippen molar-refractivity contribution in [2.75, 3.05) is 25.5 Å². The van der Waals surface area contributed by atoms with Crippen LogP contribution in [0.5, 0.6) is 0 Å². The highest BCUT2D eigenvalue weighted by Gasteiger charge is 2.17. The molecule has 0 heterocycles. The van der Waals surface area contributed by atoms with Crippen molar-refractivity contribution in [1.29, 1.82) is 5.26 Å². The summed E-state index contributed by atoms with van der Waals surface area (Å²) in [6.45, 7) is 2.89. The van der Waals surface area contributed by atoms with Crippen LogP contribution in [0.4, 0.5) is 5.69 Å². The molecular formula is C16H23N3O2. The molecule has 114 valence electrons. The number of nitrogens with one attached hydrogen (secondary N) is 1. The summed E-state index contributed by atoms with van der Waals surface area (Å²) < 4.78 is 0. The Morgan fingerprint density at radius 2 is 2.19 bits per heavy atom. The number of carbonyl (C=O) groups excluding carboxylic acids is 1. The molecule has 0 aliphatic heterocycles. The van der Waals surface area contributed by atoms with Crippen molar-refractivity contribution in [1.82, 2.24) is 4.90 Å². The zero-order valence-electron chi connectivity index (χ0n) is 12.7. The molecule has 0 aromatic heterocycles. The summed E-state index contributed by atoms with van der Waals surface area (Å²) >= 11 is 0. The fourth-order valence-electron chi connectivity index (χ4n) is 1.96. The largest absolute Gasteiger partial charge is 0.396 e. The predicted molar refractivity (Wildman–Crippen MR) is 82.8 cm³/mol. The molecule has 5 nitrogen and oxygen atoms in total. The first-order chi connectivity index (χ1) is 10.1. The number of hydrogen-bond donors (Lipinski definition) is 2. The van der Waals surface area contributed by atoms with Gasteiger partial charge in [-0.15, -0.1) is 0 Å². The van der Waals surface area contributed by atoms with Crippen LogP contribution in [0.2, 0.25) is 0 Å². The van der Waals surface area contributed by atoms with Gasteiger partial charge in [-0.25, -0.2) is 0 Å². The van der Waals surface area contributed by atoms with Gasteiger partial charge in [0, 0.05) is 12.3 Å². The Bertz CT molecular complexity index is 497. The molecule has 5 heteroatoms. The van der Waals surface area contributed by atoms with Crippen LogP contribution in [0.1, 0.15) is 31.7 Å². The number of benzene rings is 1. The second kappa shape index (κ2) is 9.11. The molecule has 2 N–H and O–H groups in total. The lowest BCUT2D eigenvalue weighted by Crippen LogP contribution is -2.40. The number of nitrogens with zero attached hydrogens (tertiary/aromatic N) is 2. The fourth-order valence-corrected chi connectivity index (χ4v) is 1.96. The summed E-state index contributed by atoms with van der Waals surface area (Å²) in [5.41, 5.74) is 1.16. The molecule has 1 aromatic rings. The highest BCUT2D eigenvalue weighted by atomic mass is 16.2. The molecule has 0 saturated heterocycles. The van der Waals surface area contributed by atoms with E-state index < -0.39 is 0 Å². The number of aliphatic hydroxyl groups excluding tert-OH is 1. The van der Waals surface area contributed by atoms with Crippen molar-refractivity contribution in [2.24, 2.45) is 0 Å². The van der Waals surface area contributed by atoms with Crippen LogP contribution in [0.3, 0.4) is 0 Å². The van der Waals surface area contributed by atoms with Gasteiger partial charge in [0.15, 0.2) is 0 Å². The van der Waals surface area contributed by atoms with Crippen molar-refractivity contribution in [3.63, 3.8) is 0 Å². The molecule has 0 spiro atoms. The van der Waals surface area contributed by atoms with Gasteiger partial charge < -0.3 is 10.4 Å². The Kier molecular flexibility index (Phi) is 7.44. The number of aliphatic hydroxyl groups is 1. The number of unbranched alkanes of at least 4 members (excludes halogenated alkanes) is 2. The van der Waals surface area contributed by atoms with Crippen LogP contribution < -0.4 is 5.32 Å². The van der Waals surface area contributed by atoms with Crippen molar-refractivity contribution < 1.29 is 9.90 Å². The van der Waals surface area contributed by atoms with E-state index in [1.807, 2.05) is 18.9 Å². The van der Waals surface area contributed by atoms with Crippen LogP contribution in [-0.2, 0) is 4.79 Å². The minimum atomic E-state index is -0.245. The van der Waals surface area contributed by atoms with E-state index in [0.29, 0.717) is 11.3 Å².